The first-order valence-electron chi connectivity index (χ1n) is 13.9. The molecule has 3 heterocycles. The Kier molecular flexibility index (Phi) is 5.83. The maximum Gasteiger partial charge on any atom is 0.338 e. The highest BCUT2D eigenvalue weighted by molar-refractivity contribution is 6.08. The van der Waals surface area contributed by atoms with E-state index in [4.69, 9.17) is 19.5 Å². The van der Waals surface area contributed by atoms with Gasteiger partial charge in [-0.15, -0.1) is 0 Å². The first-order valence-corrected chi connectivity index (χ1v) is 13.9. The van der Waals surface area contributed by atoms with Gasteiger partial charge in [0.2, 0.25) is 0 Å². The van der Waals surface area contributed by atoms with Crippen LogP contribution in [-0.4, -0.2) is 35.5 Å². The molecular weight excluding hydrogens is 484 g/mol. The van der Waals surface area contributed by atoms with Crippen molar-refractivity contribution >= 4 is 22.8 Å². The number of rotatable bonds is 3. The molecule has 200 valence electrons. The summed E-state index contributed by atoms with van der Waals surface area (Å²) in [6.07, 6.45) is 5.86. The molecule has 0 aromatic heterocycles. The van der Waals surface area contributed by atoms with Crippen molar-refractivity contribution in [3.63, 3.8) is 0 Å². The predicted octanol–water partition coefficient (Wildman–Crippen LogP) is 5.91. The summed E-state index contributed by atoms with van der Waals surface area (Å²) in [4.78, 5) is 23.3. The average molecular weight is 521 g/mol. The molecule has 1 aliphatic carbocycles. The minimum atomic E-state index is -0.315. The zero-order chi connectivity index (χ0) is 27.7. The van der Waals surface area contributed by atoms with E-state index in [-0.39, 0.29) is 23.2 Å². The highest BCUT2D eigenvalue weighted by atomic mass is 16.5. The summed E-state index contributed by atoms with van der Waals surface area (Å²) in [6.45, 7) is 15.1. The van der Waals surface area contributed by atoms with Crippen LogP contribution in [0.4, 0.5) is 0 Å². The van der Waals surface area contributed by atoms with Crippen molar-refractivity contribution in [1.29, 1.82) is 0 Å². The molecule has 0 saturated carbocycles. The van der Waals surface area contributed by atoms with Crippen LogP contribution in [0.15, 0.2) is 75.3 Å². The molecule has 0 bridgehead atoms. The van der Waals surface area contributed by atoms with Gasteiger partial charge in [0.25, 0.3) is 0 Å². The van der Waals surface area contributed by atoms with Gasteiger partial charge in [-0.1, -0.05) is 29.8 Å². The third-order valence-electron chi connectivity index (χ3n) is 7.95. The molecule has 3 aliphatic heterocycles. The monoisotopic (exact) mass is 520 g/mol. The molecule has 1 unspecified atom stereocenters. The van der Waals surface area contributed by atoms with Crippen molar-refractivity contribution in [2.24, 2.45) is 9.98 Å². The van der Waals surface area contributed by atoms with Crippen LogP contribution < -0.4 is 15.3 Å². The Bertz CT molecular complexity index is 1680. The Morgan fingerprint density at radius 3 is 2.62 bits per heavy atom. The number of ether oxygens (including phenoxy) is 2. The van der Waals surface area contributed by atoms with Crippen molar-refractivity contribution in [2.45, 2.75) is 78.5 Å². The summed E-state index contributed by atoms with van der Waals surface area (Å²) in [5.41, 5.74) is 9.04. The Hall–Kier alpha value is -3.73. The van der Waals surface area contributed by atoms with E-state index in [2.05, 4.69) is 65.8 Å². The summed E-state index contributed by atoms with van der Waals surface area (Å²) in [5.74, 6) is 0.475. The Morgan fingerprint density at radius 2 is 1.85 bits per heavy atom. The molecule has 0 amide bonds. The molecule has 39 heavy (non-hydrogen) atoms. The van der Waals surface area contributed by atoms with Gasteiger partial charge in [-0.25, -0.2) is 4.79 Å². The van der Waals surface area contributed by atoms with Crippen LogP contribution in [0.25, 0.3) is 11.1 Å². The fourth-order valence-corrected chi connectivity index (χ4v) is 6.61. The SMILES string of the molecule is CCOC(=O)c1ccccc1C1=c2cc3c(cc2OC2CC4=NC(C)(C)CC(C)=C4C=C12)=NC(C)(C)C=C3C. The van der Waals surface area contributed by atoms with E-state index in [1.807, 2.05) is 31.2 Å². The molecule has 6 rings (SSSR count). The number of hydrogen-bond acceptors (Lipinski definition) is 5. The summed E-state index contributed by atoms with van der Waals surface area (Å²) >= 11 is 0. The Balaban J connectivity index is 1.69. The van der Waals surface area contributed by atoms with Gasteiger partial charge in [0.1, 0.15) is 11.9 Å². The van der Waals surface area contributed by atoms with Crippen LogP contribution in [0.5, 0.6) is 5.75 Å². The van der Waals surface area contributed by atoms with Crippen molar-refractivity contribution in [3.05, 3.63) is 92.5 Å². The Labute approximate surface area is 230 Å². The molecule has 0 radical (unpaired) electrons. The van der Waals surface area contributed by atoms with E-state index < -0.39 is 0 Å². The van der Waals surface area contributed by atoms with E-state index >= 15 is 0 Å². The third-order valence-corrected chi connectivity index (χ3v) is 7.95. The first kappa shape index (κ1) is 25.5. The lowest BCUT2D eigenvalue weighted by atomic mass is 9.76. The number of carbonyl (C=O) groups is 1. The standard InChI is InChI=1S/C34H36N2O3/c1-8-38-32(37)22-12-10-9-11-21(22)31-25-13-23-19(2)17-33(4,5)35-27(23)15-29(25)39-30-16-28-24(14-26(30)31)20(3)18-34(6,7)36-28/h9-15,17,30H,8,16,18H2,1-7H3. The van der Waals surface area contributed by atoms with E-state index in [0.717, 1.165) is 50.7 Å². The quantitative estimate of drug-likeness (QED) is 0.473. The number of allylic oxidation sites excluding steroid dienone is 3. The maximum atomic E-state index is 13.1. The van der Waals surface area contributed by atoms with Crippen molar-refractivity contribution < 1.29 is 14.3 Å². The van der Waals surface area contributed by atoms with E-state index in [0.29, 0.717) is 18.6 Å². The van der Waals surface area contributed by atoms with Gasteiger partial charge in [-0.3, -0.25) is 9.98 Å². The maximum absolute atomic E-state index is 13.1. The number of hydrogen-bond donors (Lipinski definition) is 0. The fraction of sp³-hybridized carbons (Fsp3) is 0.382. The third kappa shape index (κ3) is 4.38. The minimum Gasteiger partial charge on any atom is -0.485 e. The van der Waals surface area contributed by atoms with Crippen LogP contribution in [-0.2, 0) is 4.74 Å². The molecule has 5 nitrogen and oxygen atoms in total. The van der Waals surface area contributed by atoms with Gasteiger partial charge in [0.15, 0.2) is 0 Å². The van der Waals surface area contributed by atoms with Crippen LogP contribution >= 0.6 is 0 Å². The molecule has 0 fully saturated rings. The van der Waals surface area contributed by atoms with E-state index in [1.54, 1.807) is 0 Å². The zero-order valence-electron chi connectivity index (χ0n) is 23.9. The van der Waals surface area contributed by atoms with Crippen LogP contribution in [0.1, 0.15) is 82.8 Å². The second kappa shape index (κ2) is 8.90. The normalized spacial score (nSPS) is 22.1. The van der Waals surface area contributed by atoms with Gasteiger partial charge in [0.05, 0.1) is 28.6 Å². The molecule has 5 heteroatoms. The van der Waals surface area contributed by atoms with Crippen LogP contribution in [0.3, 0.4) is 0 Å². The zero-order valence-corrected chi connectivity index (χ0v) is 23.9. The Morgan fingerprint density at radius 1 is 1.08 bits per heavy atom. The lowest BCUT2D eigenvalue weighted by Gasteiger charge is -2.37. The molecule has 4 aliphatic rings. The van der Waals surface area contributed by atoms with Crippen molar-refractivity contribution in [2.75, 3.05) is 6.61 Å². The van der Waals surface area contributed by atoms with Crippen LogP contribution in [0.2, 0.25) is 0 Å². The molecule has 2 aromatic carbocycles. The number of benzene rings is 2. The highest BCUT2D eigenvalue weighted by Gasteiger charge is 2.38. The summed E-state index contributed by atoms with van der Waals surface area (Å²) in [6, 6.07) is 12.0. The molecule has 0 spiro atoms. The van der Waals surface area contributed by atoms with Gasteiger partial charge >= 0.3 is 5.97 Å². The number of nitrogens with zero attached hydrogens (tertiary/aromatic N) is 2. The number of esters is 1. The second-order valence-corrected chi connectivity index (χ2v) is 12.3. The van der Waals surface area contributed by atoms with Gasteiger partial charge < -0.3 is 9.47 Å². The number of aliphatic imine (C=N–C) groups is 1. The summed E-state index contributed by atoms with van der Waals surface area (Å²) in [7, 11) is 0. The molecule has 0 saturated heterocycles. The van der Waals surface area contributed by atoms with Gasteiger partial charge in [0, 0.05) is 40.1 Å². The van der Waals surface area contributed by atoms with E-state index in [1.165, 1.54) is 16.7 Å². The second-order valence-electron chi connectivity index (χ2n) is 12.3. The number of fused-ring (bicyclic) bond motifs is 4. The van der Waals surface area contributed by atoms with Crippen LogP contribution in [0, 0.1) is 0 Å². The topological polar surface area (TPSA) is 60.2 Å². The smallest absolute Gasteiger partial charge is 0.338 e. The minimum absolute atomic E-state index is 0.128. The van der Waals surface area contributed by atoms with Gasteiger partial charge in [-0.2, -0.15) is 0 Å². The highest BCUT2D eigenvalue weighted by Crippen LogP contribution is 2.41. The molecule has 0 N–H and O–H groups in total. The first-order chi connectivity index (χ1) is 18.5. The molecule has 2 aromatic rings. The van der Waals surface area contributed by atoms with Crippen molar-refractivity contribution in [1.82, 2.24) is 0 Å². The predicted molar refractivity (Wildman–Crippen MR) is 156 cm³/mol. The largest absolute Gasteiger partial charge is 0.485 e. The van der Waals surface area contributed by atoms with E-state index in [9.17, 15) is 4.79 Å². The lowest BCUT2D eigenvalue weighted by Crippen LogP contribution is -2.40. The fourth-order valence-electron chi connectivity index (χ4n) is 6.61. The summed E-state index contributed by atoms with van der Waals surface area (Å²) < 4.78 is 12.3. The molecular formula is C34H36N2O3. The number of dihydropyridines is 1. The van der Waals surface area contributed by atoms with Crippen molar-refractivity contribution in [3.8, 4) is 5.75 Å². The van der Waals surface area contributed by atoms with Gasteiger partial charge in [-0.05, 0) is 89.8 Å². The average Bonchev–Trinajstić information content (AvgIpc) is 2.84. The summed E-state index contributed by atoms with van der Waals surface area (Å²) in [5, 5.41) is 1.91. The number of carbonyl (C=O) groups excluding carboxylic acids is 1. The lowest BCUT2D eigenvalue weighted by molar-refractivity contribution is 0.0526. The molecule has 1 atom stereocenters.